The Balaban J connectivity index is 2.62. The Labute approximate surface area is 108 Å². The van der Waals surface area contributed by atoms with E-state index in [-0.39, 0.29) is 11.2 Å². The summed E-state index contributed by atoms with van der Waals surface area (Å²) in [5.74, 6) is -0.191. The molecule has 1 heterocycles. The van der Waals surface area contributed by atoms with Gasteiger partial charge in [0.1, 0.15) is 5.03 Å². The fourth-order valence-corrected chi connectivity index (χ4v) is 2.79. The van der Waals surface area contributed by atoms with Crippen LogP contribution < -0.4 is 0 Å². The van der Waals surface area contributed by atoms with E-state index in [0.717, 1.165) is 15.1 Å². The van der Waals surface area contributed by atoms with Crippen molar-refractivity contribution in [3.63, 3.8) is 0 Å². The normalized spacial score (nSPS) is 12.2. The average Bonchev–Trinajstić information content (AvgIpc) is 2.22. The number of rotatable bonds is 4. The summed E-state index contributed by atoms with van der Waals surface area (Å²) in [4.78, 5) is 15.4. The molecule has 0 amide bonds. The van der Waals surface area contributed by atoms with Crippen LogP contribution in [0, 0.1) is 6.92 Å². The Morgan fingerprint density at radius 3 is 2.94 bits per heavy atom. The molecule has 1 aromatic rings. The van der Waals surface area contributed by atoms with Crippen LogP contribution in [-0.4, -0.2) is 23.3 Å². The van der Waals surface area contributed by atoms with E-state index in [4.69, 9.17) is 0 Å². The summed E-state index contributed by atoms with van der Waals surface area (Å²) in [6.07, 6.45) is 2.21. The number of carbonyl (C=O) groups is 1. The van der Waals surface area contributed by atoms with Gasteiger partial charge in [0.05, 0.1) is 18.0 Å². The summed E-state index contributed by atoms with van der Waals surface area (Å²) >= 11 is 5.02. The largest absolute Gasteiger partial charge is 0.469 e. The highest BCUT2D eigenvalue weighted by atomic mass is 79.9. The van der Waals surface area contributed by atoms with Crippen molar-refractivity contribution in [3.05, 3.63) is 22.3 Å². The molecule has 16 heavy (non-hydrogen) atoms. The molecule has 0 aliphatic carbocycles. The molecule has 0 spiro atoms. The van der Waals surface area contributed by atoms with E-state index in [1.807, 2.05) is 26.1 Å². The predicted octanol–water partition coefficient (Wildman–Crippen LogP) is 3.20. The monoisotopic (exact) mass is 303 g/mol. The van der Waals surface area contributed by atoms with Gasteiger partial charge < -0.3 is 4.74 Å². The minimum Gasteiger partial charge on any atom is -0.469 e. The first-order chi connectivity index (χ1) is 7.52. The Morgan fingerprint density at radius 2 is 2.38 bits per heavy atom. The number of pyridine rings is 1. The molecule has 1 unspecified atom stereocenters. The van der Waals surface area contributed by atoms with Gasteiger partial charge in [-0.25, -0.2) is 4.98 Å². The molecule has 0 N–H and O–H groups in total. The molecule has 0 bridgehead atoms. The highest BCUT2D eigenvalue weighted by molar-refractivity contribution is 9.10. The SMILES string of the molecule is COC(=O)CC(C)Sc1ncc(C)cc1Br. The number of carbonyl (C=O) groups excluding carboxylic acids is 1. The number of aryl methyl sites for hydroxylation is 1. The minimum absolute atomic E-state index is 0.152. The van der Waals surface area contributed by atoms with Crippen molar-refractivity contribution in [2.45, 2.75) is 30.5 Å². The summed E-state index contributed by atoms with van der Waals surface area (Å²) in [6, 6.07) is 2.01. The third-order valence-corrected chi connectivity index (χ3v) is 3.92. The zero-order valence-corrected chi connectivity index (χ0v) is 11.9. The first kappa shape index (κ1) is 13.5. The van der Waals surface area contributed by atoms with Crippen molar-refractivity contribution in [2.75, 3.05) is 7.11 Å². The van der Waals surface area contributed by atoms with Crippen LogP contribution >= 0.6 is 27.7 Å². The number of thioether (sulfide) groups is 1. The maximum absolute atomic E-state index is 11.1. The molecule has 0 aliphatic rings. The Hall–Kier alpha value is -0.550. The van der Waals surface area contributed by atoms with Crippen LogP contribution in [0.5, 0.6) is 0 Å². The van der Waals surface area contributed by atoms with Crippen LogP contribution in [0.2, 0.25) is 0 Å². The van der Waals surface area contributed by atoms with E-state index in [9.17, 15) is 4.79 Å². The first-order valence-corrected chi connectivity index (χ1v) is 6.55. The highest BCUT2D eigenvalue weighted by Gasteiger charge is 2.13. The summed E-state index contributed by atoms with van der Waals surface area (Å²) in [5.41, 5.74) is 1.11. The molecular formula is C11H14BrNO2S. The third-order valence-electron chi connectivity index (χ3n) is 1.94. The predicted molar refractivity (Wildman–Crippen MR) is 68.6 cm³/mol. The van der Waals surface area contributed by atoms with Gasteiger partial charge in [-0.1, -0.05) is 6.92 Å². The summed E-state index contributed by atoms with van der Waals surface area (Å²) in [5, 5.41) is 1.06. The van der Waals surface area contributed by atoms with Gasteiger partial charge in [-0.2, -0.15) is 0 Å². The Kier molecular flexibility index (Phi) is 5.28. The van der Waals surface area contributed by atoms with E-state index >= 15 is 0 Å². The Bertz CT molecular complexity index is 384. The minimum atomic E-state index is -0.191. The lowest BCUT2D eigenvalue weighted by Crippen LogP contribution is -2.08. The molecule has 1 aromatic heterocycles. The molecule has 0 saturated carbocycles. The van der Waals surface area contributed by atoms with Crippen LogP contribution in [0.1, 0.15) is 18.9 Å². The fourth-order valence-electron chi connectivity index (χ4n) is 1.16. The molecule has 0 aromatic carbocycles. The van der Waals surface area contributed by atoms with E-state index in [1.165, 1.54) is 7.11 Å². The zero-order valence-electron chi connectivity index (χ0n) is 9.49. The second kappa shape index (κ2) is 6.25. The summed E-state index contributed by atoms with van der Waals surface area (Å²) < 4.78 is 5.59. The lowest BCUT2D eigenvalue weighted by molar-refractivity contribution is -0.140. The van der Waals surface area contributed by atoms with Crippen LogP contribution in [0.4, 0.5) is 0 Å². The number of aromatic nitrogens is 1. The van der Waals surface area contributed by atoms with Crippen molar-refractivity contribution < 1.29 is 9.53 Å². The van der Waals surface area contributed by atoms with Crippen LogP contribution in [0.15, 0.2) is 21.8 Å². The van der Waals surface area contributed by atoms with Crippen molar-refractivity contribution in [1.82, 2.24) is 4.98 Å². The van der Waals surface area contributed by atoms with Crippen molar-refractivity contribution in [2.24, 2.45) is 0 Å². The molecule has 1 atom stereocenters. The van der Waals surface area contributed by atoms with Gasteiger partial charge in [0, 0.05) is 11.4 Å². The van der Waals surface area contributed by atoms with E-state index in [2.05, 4.69) is 25.7 Å². The van der Waals surface area contributed by atoms with Gasteiger partial charge in [-0.05, 0) is 34.5 Å². The zero-order chi connectivity index (χ0) is 12.1. The fraction of sp³-hybridized carbons (Fsp3) is 0.455. The van der Waals surface area contributed by atoms with Gasteiger partial charge >= 0.3 is 5.97 Å². The molecule has 0 radical (unpaired) electrons. The van der Waals surface area contributed by atoms with Crippen LogP contribution in [0.3, 0.4) is 0 Å². The quantitative estimate of drug-likeness (QED) is 0.632. The molecule has 0 saturated heterocycles. The Morgan fingerprint density at radius 1 is 1.69 bits per heavy atom. The number of nitrogens with zero attached hydrogens (tertiary/aromatic N) is 1. The van der Waals surface area contributed by atoms with Gasteiger partial charge in [-0.15, -0.1) is 11.8 Å². The number of esters is 1. The first-order valence-electron chi connectivity index (χ1n) is 4.88. The molecule has 5 heteroatoms. The second-order valence-corrected chi connectivity index (χ2v) is 5.79. The van der Waals surface area contributed by atoms with Crippen molar-refractivity contribution >= 4 is 33.7 Å². The standard InChI is InChI=1S/C11H14BrNO2S/c1-7-4-9(12)11(13-6-7)16-8(2)5-10(14)15-3/h4,6,8H,5H2,1-3H3. The van der Waals surface area contributed by atoms with E-state index in [1.54, 1.807) is 11.8 Å². The van der Waals surface area contributed by atoms with Gasteiger partial charge in [-0.3, -0.25) is 4.79 Å². The third kappa shape index (κ3) is 4.14. The van der Waals surface area contributed by atoms with E-state index < -0.39 is 0 Å². The smallest absolute Gasteiger partial charge is 0.306 e. The second-order valence-electron chi connectivity index (χ2n) is 3.51. The molecule has 0 fully saturated rings. The maximum atomic E-state index is 11.1. The lowest BCUT2D eigenvalue weighted by atomic mass is 10.3. The van der Waals surface area contributed by atoms with Crippen LogP contribution in [-0.2, 0) is 9.53 Å². The number of ether oxygens (including phenoxy) is 1. The average molecular weight is 304 g/mol. The van der Waals surface area contributed by atoms with Gasteiger partial charge in [0.25, 0.3) is 0 Å². The van der Waals surface area contributed by atoms with Gasteiger partial charge in [0.15, 0.2) is 0 Å². The maximum Gasteiger partial charge on any atom is 0.306 e. The molecule has 0 aliphatic heterocycles. The number of hydrogen-bond acceptors (Lipinski definition) is 4. The number of methoxy groups -OCH3 is 1. The van der Waals surface area contributed by atoms with Gasteiger partial charge in [0.2, 0.25) is 0 Å². The summed E-state index contributed by atoms with van der Waals surface area (Å²) in [6.45, 7) is 3.97. The van der Waals surface area contributed by atoms with Crippen molar-refractivity contribution in [3.8, 4) is 0 Å². The highest BCUT2D eigenvalue weighted by Crippen LogP contribution is 2.30. The molecular weight excluding hydrogens is 290 g/mol. The number of hydrogen-bond donors (Lipinski definition) is 0. The van der Waals surface area contributed by atoms with Crippen LogP contribution in [0.25, 0.3) is 0 Å². The lowest BCUT2D eigenvalue weighted by Gasteiger charge is -2.10. The molecule has 1 rings (SSSR count). The number of halogens is 1. The summed E-state index contributed by atoms with van der Waals surface area (Å²) in [7, 11) is 1.40. The topological polar surface area (TPSA) is 39.2 Å². The van der Waals surface area contributed by atoms with Crippen molar-refractivity contribution in [1.29, 1.82) is 0 Å². The molecule has 88 valence electrons. The van der Waals surface area contributed by atoms with E-state index in [0.29, 0.717) is 6.42 Å². The molecule has 3 nitrogen and oxygen atoms in total.